The average Bonchev–Trinajstić information content (AvgIpc) is 3.79. The highest BCUT2D eigenvalue weighted by atomic mass is 35.5. The van der Waals surface area contributed by atoms with Crippen LogP contribution >= 0.6 is 11.6 Å². The van der Waals surface area contributed by atoms with E-state index >= 15 is 0 Å². The van der Waals surface area contributed by atoms with Gasteiger partial charge in [-0.2, -0.15) is 0 Å². The summed E-state index contributed by atoms with van der Waals surface area (Å²) in [5.74, 6) is 0.568. The van der Waals surface area contributed by atoms with E-state index in [1.807, 2.05) is 31.2 Å². The van der Waals surface area contributed by atoms with E-state index in [1.165, 1.54) is 36.8 Å². The molecular weight excluding hydrogens is 572 g/mol. The summed E-state index contributed by atoms with van der Waals surface area (Å²) in [5, 5.41) is 4.77. The van der Waals surface area contributed by atoms with Crippen LogP contribution in [-0.2, 0) is 27.9 Å². The van der Waals surface area contributed by atoms with Gasteiger partial charge in [-0.05, 0) is 97.9 Å². The van der Waals surface area contributed by atoms with Gasteiger partial charge in [-0.15, -0.1) is 0 Å². The summed E-state index contributed by atoms with van der Waals surface area (Å²) in [6, 6.07) is 20.1. The first-order valence-electron chi connectivity index (χ1n) is 15.4. The molecule has 0 aliphatic heterocycles. The SMILES string of the molecule is COC(=O)[C@H](C)Oc1cc(Cc2c(C)n(CC3CC3)c3cc(C(=O)N[C@@H](C)c4ccc(C(C)(C)C)cc4)ccc23)ccc1Cl. The highest BCUT2D eigenvalue weighted by Crippen LogP contribution is 2.37. The van der Waals surface area contributed by atoms with E-state index < -0.39 is 12.1 Å². The fraction of sp³-hybridized carbons (Fsp3) is 0.405. The Kier molecular flexibility index (Phi) is 9.12. The molecule has 0 bridgehead atoms. The number of amides is 1. The number of benzene rings is 3. The maximum absolute atomic E-state index is 13.5. The van der Waals surface area contributed by atoms with E-state index in [0.29, 0.717) is 28.7 Å². The van der Waals surface area contributed by atoms with Crippen LogP contribution < -0.4 is 10.1 Å². The van der Waals surface area contributed by atoms with Crippen LogP contribution in [0.2, 0.25) is 5.02 Å². The molecule has 232 valence electrons. The molecule has 44 heavy (non-hydrogen) atoms. The number of nitrogens with one attached hydrogen (secondary N) is 1. The Hall–Kier alpha value is -3.77. The highest BCUT2D eigenvalue weighted by molar-refractivity contribution is 6.32. The van der Waals surface area contributed by atoms with Gasteiger partial charge in [0.2, 0.25) is 0 Å². The Morgan fingerprint density at radius 1 is 1.02 bits per heavy atom. The van der Waals surface area contributed by atoms with Gasteiger partial charge >= 0.3 is 5.97 Å². The molecule has 1 fully saturated rings. The molecule has 1 saturated carbocycles. The summed E-state index contributed by atoms with van der Waals surface area (Å²) < 4.78 is 13.0. The topological polar surface area (TPSA) is 69.6 Å². The molecule has 1 aliphatic carbocycles. The largest absolute Gasteiger partial charge is 0.477 e. The molecule has 1 heterocycles. The number of aromatic nitrogens is 1. The number of halogens is 1. The summed E-state index contributed by atoms with van der Waals surface area (Å²) in [4.78, 5) is 25.4. The van der Waals surface area contributed by atoms with Crippen LogP contribution in [0.15, 0.2) is 60.7 Å². The molecule has 5 rings (SSSR count). The van der Waals surface area contributed by atoms with Gasteiger partial charge in [0.05, 0.1) is 18.2 Å². The first-order valence-corrected chi connectivity index (χ1v) is 15.8. The maximum Gasteiger partial charge on any atom is 0.346 e. The summed E-state index contributed by atoms with van der Waals surface area (Å²) in [6.07, 6.45) is 2.35. The van der Waals surface area contributed by atoms with Crippen LogP contribution in [0, 0.1) is 12.8 Å². The number of carbonyl (C=O) groups is 2. The standard InChI is InChI=1S/C37H43ClN2O4/c1-22(27-11-14-29(15-12-27)37(4,5)6)39-35(41)28-13-16-30-31(23(2)40(33(30)20-28)21-25-8-9-25)18-26-10-17-32(38)34(19-26)44-24(3)36(42)43-7/h10-17,19-20,22,24-25H,8-9,18,21H2,1-7H3,(H,39,41)/t22-,24-/m0/s1. The van der Waals surface area contributed by atoms with Crippen LogP contribution in [-0.4, -0.2) is 29.7 Å². The van der Waals surface area contributed by atoms with Crippen molar-refractivity contribution in [1.29, 1.82) is 0 Å². The van der Waals surface area contributed by atoms with Gasteiger partial charge in [-0.3, -0.25) is 4.79 Å². The average molecular weight is 615 g/mol. The van der Waals surface area contributed by atoms with E-state index in [-0.39, 0.29) is 17.4 Å². The van der Waals surface area contributed by atoms with Gasteiger partial charge in [-0.1, -0.05) is 68.8 Å². The molecule has 1 amide bonds. The van der Waals surface area contributed by atoms with Gasteiger partial charge in [0.15, 0.2) is 6.10 Å². The second-order valence-corrected chi connectivity index (χ2v) is 13.5. The third-order valence-electron chi connectivity index (χ3n) is 8.69. The van der Waals surface area contributed by atoms with E-state index in [9.17, 15) is 9.59 Å². The molecule has 0 saturated heterocycles. The second kappa shape index (κ2) is 12.7. The number of hydrogen-bond donors (Lipinski definition) is 1. The summed E-state index contributed by atoms with van der Waals surface area (Å²) in [5.41, 5.74) is 7.56. The smallest absolute Gasteiger partial charge is 0.346 e. The lowest BCUT2D eigenvalue weighted by Crippen LogP contribution is -2.26. The Labute approximate surface area is 265 Å². The minimum absolute atomic E-state index is 0.0828. The molecule has 1 aliphatic rings. The van der Waals surface area contributed by atoms with Crippen molar-refractivity contribution >= 4 is 34.4 Å². The maximum atomic E-state index is 13.5. The fourth-order valence-electron chi connectivity index (χ4n) is 5.70. The number of esters is 1. The van der Waals surface area contributed by atoms with E-state index in [2.05, 4.69) is 67.9 Å². The monoisotopic (exact) mass is 614 g/mol. The minimum atomic E-state index is -0.773. The van der Waals surface area contributed by atoms with Gasteiger partial charge in [0.1, 0.15) is 5.75 Å². The van der Waals surface area contributed by atoms with Crippen molar-refractivity contribution in [1.82, 2.24) is 9.88 Å². The molecule has 3 aromatic carbocycles. The number of fused-ring (bicyclic) bond motifs is 1. The number of carbonyl (C=O) groups excluding carboxylic acids is 2. The normalized spacial score (nSPS) is 14.7. The van der Waals surface area contributed by atoms with Gasteiger partial charge in [-0.25, -0.2) is 4.79 Å². The van der Waals surface area contributed by atoms with Crippen LogP contribution in [0.3, 0.4) is 0 Å². The number of rotatable bonds is 10. The second-order valence-electron chi connectivity index (χ2n) is 13.1. The zero-order valence-electron chi connectivity index (χ0n) is 26.8. The molecule has 1 aromatic heterocycles. The summed E-state index contributed by atoms with van der Waals surface area (Å²) in [7, 11) is 1.33. The van der Waals surface area contributed by atoms with Crippen molar-refractivity contribution in [3.8, 4) is 5.75 Å². The van der Waals surface area contributed by atoms with Crippen molar-refractivity contribution in [2.45, 2.75) is 84.9 Å². The van der Waals surface area contributed by atoms with Crippen LogP contribution in [0.25, 0.3) is 10.9 Å². The predicted octanol–water partition coefficient (Wildman–Crippen LogP) is 8.33. The van der Waals surface area contributed by atoms with Crippen LogP contribution in [0.5, 0.6) is 5.75 Å². The summed E-state index contributed by atoms with van der Waals surface area (Å²) in [6.45, 7) is 13.4. The van der Waals surface area contributed by atoms with Crippen LogP contribution in [0.1, 0.15) is 91.8 Å². The summed E-state index contributed by atoms with van der Waals surface area (Å²) >= 11 is 6.41. The van der Waals surface area contributed by atoms with Gasteiger partial charge < -0.3 is 19.4 Å². The molecule has 2 atom stereocenters. The zero-order chi connectivity index (χ0) is 31.8. The zero-order valence-corrected chi connectivity index (χ0v) is 27.5. The van der Waals surface area contributed by atoms with Crippen molar-refractivity contribution < 1.29 is 19.1 Å². The minimum Gasteiger partial charge on any atom is -0.477 e. The molecule has 0 unspecified atom stereocenters. The Morgan fingerprint density at radius 3 is 2.36 bits per heavy atom. The van der Waals surface area contributed by atoms with Crippen molar-refractivity contribution in [3.05, 3.63) is 99.2 Å². The number of hydrogen-bond acceptors (Lipinski definition) is 4. The molecular formula is C37H43ClN2O4. The molecule has 0 spiro atoms. The first-order chi connectivity index (χ1) is 20.8. The van der Waals surface area contributed by atoms with Crippen LogP contribution in [0.4, 0.5) is 0 Å². The Morgan fingerprint density at radius 2 is 1.73 bits per heavy atom. The third-order valence-corrected chi connectivity index (χ3v) is 9.01. The number of ether oxygens (including phenoxy) is 2. The Bertz CT molecular complexity index is 1680. The van der Waals surface area contributed by atoms with Gasteiger partial charge in [0.25, 0.3) is 5.91 Å². The fourth-order valence-corrected chi connectivity index (χ4v) is 5.86. The van der Waals surface area contributed by atoms with E-state index in [4.69, 9.17) is 21.1 Å². The quantitative estimate of drug-likeness (QED) is 0.182. The Balaban J connectivity index is 1.41. The molecule has 1 N–H and O–H groups in total. The van der Waals surface area contributed by atoms with Gasteiger partial charge in [0, 0.05) is 28.7 Å². The molecule has 7 heteroatoms. The van der Waals surface area contributed by atoms with Crippen molar-refractivity contribution in [3.63, 3.8) is 0 Å². The van der Waals surface area contributed by atoms with E-state index in [1.54, 1.807) is 13.0 Å². The molecule has 4 aromatic rings. The number of nitrogens with zero attached hydrogens (tertiary/aromatic N) is 1. The predicted molar refractivity (Wildman–Crippen MR) is 177 cm³/mol. The highest BCUT2D eigenvalue weighted by Gasteiger charge is 2.26. The molecule has 6 nitrogen and oxygen atoms in total. The van der Waals surface area contributed by atoms with Crippen molar-refractivity contribution in [2.24, 2.45) is 5.92 Å². The lowest BCUT2D eigenvalue weighted by atomic mass is 9.86. The first kappa shape index (κ1) is 31.6. The third kappa shape index (κ3) is 6.96. The van der Waals surface area contributed by atoms with E-state index in [0.717, 1.165) is 28.6 Å². The lowest BCUT2D eigenvalue weighted by molar-refractivity contribution is -0.147. The lowest BCUT2D eigenvalue weighted by Gasteiger charge is -2.21. The molecule has 0 radical (unpaired) electrons. The van der Waals surface area contributed by atoms with Crippen molar-refractivity contribution in [2.75, 3.05) is 7.11 Å². The number of methoxy groups -OCH3 is 1.